The molecule has 2 aromatic heterocycles. The molecule has 0 spiro atoms. The summed E-state index contributed by atoms with van der Waals surface area (Å²) in [5.74, 6) is 0. The number of aromatic nitrogens is 4. The van der Waals surface area contributed by atoms with Crippen LogP contribution in [0.1, 0.15) is 25.6 Å². The van der Waals surface area contributed by atoms with Crippen molar-refractivity contribution in [2.75, 3.05) is 5.73 Å². The van der Waals surface area contributed by atoms with E-state index in [4.69, 9.17) is 5.73 Å². The molecule has 0 atom stereocenters. The highest BCUT2D eigenvalue weighted by Gasteiger charge is 2.13. The number of aryl methyl sites for hydroxylation is 1. The van der Waals surface area contributed by atoms with E-state index in [-0.39, 0.29) is 6.04 Å². The van der Waals surface area contributed by atoms with Gasteiger partial charge < -0.3 is 5.73 Å². The summed E-state index contributed by atoms with van der Waals surface area (Å²) in [6, 6.07) is 0.285. The number of anilines is 1. The zero-order chi connectivity index (χ0) is 11.7. The zero-order valence-electron chi connectivity index (χ0n) is 9.68. The van der Waals surface area contributed by atoms with Gasteiger partial charge in [0.05, 0.1) is 11.4 Å². The lowest BCUT2D eigenvalue weighted by atomic mass is 10.2. The Hall–Kier alpha value is -1.91. The largest absolute Gasteiger partial charge is 0.396 e. The van der Waals surface area contributed by atoms with Gasteiger partial charge in [0.1, 0.15) is 11.4 Å². The Kier molecular flexibility index (Phi) is 2.60. The van der Waals surface area contributed by atoms with Crippen molar-refractivity contribution in [3.05, 3.63) is 24.3 Å². The first kappa shape index (κ1) is 10.6. The van der Waals surface area contributed by atoms with E-state index in [1.54, 1.807) is 12.4 Å². The number of nitrogen functional groups attached to an aromatic ring is 1. The van der Waals surface area contributed by atoms with Gasteiger partial charge in [0.2, 0.25) is 0 Å². The molecule has 0 aliphatic heterocycles. The maximum absolute atomic E-state index is 5.93. The predicted octanol–water partition coefficient (Wildman–Crippen LogP) is 1.81. The lowest BCUT2D eigenvalue weighted by molar-refractivity contribution is 0.534. The Labute approximate surface area is 94.3 Å². The monoisotopic (exact) mass is 217 g/mol. The lowest BCUT2D eigenvalue weighted by Crippen LogP contribution is -2.01. The minimum atomic E-state index is 0.285. The molecule has 0 amide bonds. The number of hydrogen-bond donors (Lipinski definition) is 1. The first-order valence-electron chi connectivity index (χ1n) is 5.22. The average molecular weight is 217 g/mol. The molecule has 5 heteroatoms. The van der Waals surface area contributed by atoms with Crippen molar-refractivity contribution in [3.8, 4) is 11.4 Å². The van der Waals surface area contributed by atoms with Gasteiger partial charge in [-0.15, -0.1) is 0 Å². The van der Waals surface area contributed by atoms with Crippen LogP contribution in [0.15, 0.2) is 18.6 Å². The van der Waals surface area contributed by atoms with Crippen LogP contribution in [0.4, 0.5) is 5.69 Å². The minimum absolute atomic E-state index is 0.285. The number of nitrogens with two attached hydrogens (primary N) is 1. The third-order valence-corrected chi connectivity index (χ3v) is 2.39. The molecule has 2 N–H and O–H groups in total. The van der Waals surface area contributed by atoms with E-state index in [1.807, 2.05) is 17.8 Å². The first-order valence-corrected chi connectivity index (χ1v) is 5.22. The van der Waals surface area contributed by atoms with Gasteiger partial charge in [-0.3, -0.25) is 14.6 Å². The second kappa shape index (κ2) is 3.92. The average Bonchev–Trinajstić information content (AvgIpc) is 2.61. The summed E-state index contributed by atoms with van der Waals surface area (Å²) < 4.78 is 1.83. The third-order valence-electron chi connectivity index (χ3n) is 2.39. The van der Waals surface area contributed by atoms with E-state index in [0.717, 1.165) is 11.4 Å². The molecular weight excluding hydrogens is 202 g/mol. The van der Waals surface area contributed by atoms with Gasteiger partial charge in [0.15, 0.2) is 0 Å². The Bertz CT molecular complexity index is 501. The van der Waals surface area contributed by atoms with Crippen LogP contribution in [0.3, 0.4) is 0 Å². The molecule has 0 fully saturated rings. The Balaban J connectivity index is 2.52. The Morgan fingerprint density at radius 3 is 2.44 bits per heavy atom. The van der Waals surface area contributed by atoms with Crippen LogP contribution in [0.5, 0.6) is 0 Å². The van der Waals surface area contributed by atoms with Crippen molar-refractivity contribution < 1.29 is 0 Å². The SMILES string of the molecule is Cc1nccnc1-c1nn(C(C)C)cc1N. The molecule has 0 aliphatic rings. The van der Waals surface area contributed by atoms with Crippen molar-refractivity contribution in [2.24, 2.45) is 0 Å². The van der Waals surface area contributed by atoms with Gasteiger partial charge >= 0.3 is 0 Å². The first-order chi connectivity index (χ1) is 7.59. The van der Waals surface area contributed by atoms with Gasteiger partial charge in [-0.1, -0.05) is 0 Å². The fourth-order valence-electron chi connectivity index (χ4n) is 1.49. The standard InChI is InChI=1S/C11H15N5/c1-7(2)16-6-9(12)11(15-16)10-8(3)13-4-5-14-10/h4-7H,12H2,1-3H3. The van der Waals surface area contributed by atoms with Crippen LogP contribution >= 0.6 is 0 Å². The normalized spacial score (nSPS) is 11.0. The van der Waals surface area contributed by atoms with Crippen LogP contribution < -0.4 is 5.73 Å². The van der Waals surface area contributed by atoms with Crippen molar-refractivity contribution in [3.63, 3.8) is 0 Å². The van der Waals surface area contributed by atoms with Crippen molar-refractivity contribution in [1.29, 1.82) is 0 Å². The molecular formula is C11H15N5. The second-order valence-corrected chi connectivity index (χ2v) is 4.00. The fourth-order valence-corrected chi connectivity index (χ4v) is 1.49. The molecule has 0 saturated carbocycles. The van der Waals surface area contributed by atoms with Crippen LogP contribution in [0.2, 0.25) is 0 Å². The Morgan fingerprint density at radius 1 is 1.19 bits per heavy atom. The van der Waals surface area contributed by atoms with E-state index in [0.29, 0.717) is 11.4 Å². The smallest absolute Gasteiger partial charge is 0.135 e. The highest BCUT2D eigenvalue weighted by molar-refractivity contribution is 5.70. The van der Waals surface area contributed by atoms with Crippen LogP contribution in [0.25, 0.3) is 11.4 Å². The summed E-state index contributed by atoms with van der Waals surface area (Å²) in [6.07, 6.45) is 5.14. The van der Waals surface area contributed by atoms with E-state index in [9.17, 15) is 0 Å². The van der Waals surface area contributed by atoms with Gasteiger partial charge in [0.25, 0.3) is 0 Å². The highest BCUT2D eigenvalue weighted by Crippen LogP contribution is 2.24. The van der Waals surface area contributed by atoms with Gasteiger partial charge in [-0.2, -0.15) is 5.10 Å². The summed E-state index contributed by atoms with van der Waals surface area (Å²) in [5.41, 5.74) is 8.86. The molecule has 0 bridgehead atoms. The molecule has 2 rings (SSSR count). The summed E-state index contributed by atoms with van der Waals surface area (Å²) in [6.45, 7) is 6.01. The topological polar surface area (TPSA) is 69.6 Å². The Morgan fingerprint density at radius 2 is 1.88 bits per heavy atom. The van der Waals surface area contributed by atoms with E-state index >= 15 is 0 Å². The van der Waals surface area contributed by atoms with Gasteiger partial charge in [-0.05, 0) is 20.8 Å². The molecule has 2 heterocycles. The highest BCUT2D eigenvalue weighted by atomic mass is 15.3. The predicted molar refractivity (Wildman–Crippen MR) is 62.8 cm³/mol. The van der Waals surface area contributed by atoms with Crippen molar-refractivity contribution in [2.45, 2.75) is 26.8 Å². The van der Waals surface area contributed by atoms with Crippen LogP contribution in [0, 0.1) is 6.92 Å². The molecule has 0 aliphatic carbocycles. The molecule has 0 unspecified atom stereocenters. The summed E-state index contributed by atoms with van der Waals surface area (Å²) in [4.78, 5) is 8.45. The lowest BCUT2D eigenvalue weighted by Gasteiger charge is -2.03. The summed E-state index contributed by atoms with van der Waals surface area (Å²) in [7, 11) is 0. The zero-order valence-corrected chi connectivity index (χ0v) is 9.68. The number of hydrogen-bond acceptors (Lipinski definition) is 4. The number of nitrogens with zero attached hydrogens (tertiary/aromatic N) is 4. The van der Waals surface area contributed by atoms with E-state index in [2.05, 4.69) is 28.9 Å². The number of rotatable bonds is 2. The fraction of sp³-hybridized carbons (Fsp3) is 0.364. The quantitative estimate of drug-likeness (QED) is 0.832. The van der Waals surface area contributed by atoms with E-state index < -0.39 is 0 Å². The summed E-state index contributed by atoms with van der Waals surface area (Å²) >= 11 is 0. The van der Waals surface area contributed by atoms with E-state index in [1.165, 1.54) is 0 Å². The molecule has 0 aromatic carbocycles. The molecule has 2 aromatic rings. The van der Waals surface area contributed by atoms with Crippen LogP contribution in [-0.4, -0.2) is 19.7 Å². The molecule has 0 radical (unpaired) electrons. The van der Waals surface area contributed by atoms with Crippen molar-refractivity contribution >= 4 is 5.69 Å². The molecule has 16 heavy (non-hydrogen) atoms. The maximum atomic E-state index is 5.93. The van der Waals surface area contributed by atoms with Crippen molar-refractivity contribution in [1.82, 2.24) is 19.7 Å². The molecule has 0 saturated heterocycles. The van der Waals surface area contributed by atoms with Gasteiger partial charge in [0, 0.05) is 24.6 Å². The second-order valence-electron chi connectivity index (χ2n) is 4.00. The molecule has 84 valence electrons. The maximum Gasteiger partial charge on any atom is 0.135 e. The minimum Gasteiger partial charge on any atom is -0.396 e. The van der Waals surface area contributed by atoms with Crippen LogP contribution in [-0.2, 0) is 0 Å². The molecule has 5 nitrogen and oxygen atoms in total. The van der Waals surface area contributed by atoms with Gasteiger partial charge in [-0.25, -0.2) is 0 Å². The third kappa shape index (κ3) is 1.76. The summed E-state index contributed by atoms with van der Waals surface area (Å²) in [5, 5.41) is 4.43.